The molecule has 0 aliphatic carbocycles. The lowest BCUT2D eigenvalue weighted by Crippen LogP contribution is -2.54. The Bertz CT molecular complexity index is 849. The number of carbonyl (C=O) groups excluding carboxylic acids is 3. The van der Waals surface area contributed by atoms with Gasteiger partial charge in [0.2, 0.25) is 17.7 Å². The number of fused-ring (bicyclic) bond motifs is 4. The number of rotatable bonds is 3. The highest BCUT2D eigenvalue weighted by Gasteiger charge is 2.71. The molecular weight excluding hydrogens is 342 g/mol. The maximum Gasteiger partial charge on any atom is 0.250 e. The minimum atomic E-state index is -1.17. The molecule has 2 N–H and O–H groups in total. The van der Waals surface area contributed by atoms with E-state index < -0.39 is 17.4 Å². The second-order valence-electron chi connectivity index (χ2n) is 8.48. The second kappa shape index (κ2) is 5.89. The summed E-state index contributed by atoms with van der Waals surface area (Å²) in [6.07, 6.45) is 0.700. The Hall–Kier alpha value is -2.21. The van der Waals surface area contributed by atoms with Crippen LogP contribution in [0.4, 0.5) is 5.69 Å². The van der Waals surface area contributed by atoms with E-state index in [1.54, 1.807) is 0 Å². The molecule has 1 spiro atoms. The van der Waals surface area contributed by atoms with Gasteiger partial charge in [0.15, 0.2) is 0 Å². The number of amides is 3. The van der Waals surface area contributed by atoms with Crippen LogP contribution in [0.2, 0.25) is 0 Å². The topological polar surface area (TPSA) is 78.5 Å². The Morgan fingerprint density at radius 1 is 1.15 bits per heavy atom. The molecule has 2 saturated heterocycles. The molecule has 4 rings (SSSR count). The van der Waals surface area contributed by atoms with E-state index in [1.807, 2.05) is 52.8 Å². The SMILES string of the molecule is CCC(C)N1C(=O)[C@@H]2C(C(C)C)NC3(C(=O)Nc4c(C)cccc43)[C@@H]2C1=O. The molecule has 0 bridgehead atoms. The fraction of sp³-hybridized carbons (Fsp3) is 0.571. The Labute approximate surface area is 159 Å². The number of nitrogens with one attached hydrogen (secondary N) is 2. The smallest absolute Gasteiger partial charge is 0.250 e. The highest BCUT2D eigenvalue weighted by molar-refractivity contribution is 6.15. The first kappa shape index (κ1) is 18.2. The molecule has 0 radical (unpaired) electrons. The van der Waals surface area contributed by atoms with Crippen LogP contribution in [0.1, 0.15) is 45.2 Å². The molecule has 2 fully saturated rings. The number of carbonyl (C=O) groups is 3. The van der Waals surface area contributed by atoms with E-state index in [4.69, 9.17) is 0 Å². The van der Waals surface area contributed by atoms with E-state index in [2.05, 4.69) is 10.6 Å². The highest BCUT2D eigenvalue weighted by atomic mass is 16.2. The Morgan fingerprint density at radius 2 is 1.85 bits per heavy atom. The largest absolute Gasteiger partial charge is 0.324 e. The molecular formula is C21H27N3O3. The quantitative estimate of drug-likeness (QED) is 0.801. The molecule has 27 heavy (non-hydrogen) atoms. The average molecular weight is 369 g/mol. The van der Waals surface area contributed by atoms with Crippen LogP contribution >= 0.6 is 0 Å². The third kappa shape index (κ3) is 2.13. The predicted molar refractivity (Wildman–Crippen MR) is 102 cm³/mol. The van der Waals surface area contributed by atoms with Gasteiger partial charge in [0, 0.05) is 23.3 Å². The van der Waals surface area contributed by atoms with E-state index in [0.717, 1.165) is 16.8 Å². The molecule has 3 amide bonds. The molecule has 0 saturated carbocycles. The van der Waals surface area contributed by atoms with Gasteiger partial charge < -0.3 is 5.32 Å². The summed E-state index contributed by atoms with van der Waals surface area (Å²) in [5, 5.41) is 6.44. The first-order valence-electron chi connectivity index (χ1n) is 9.81. The third-order valence-corrected chi connectivity index (χ3v) is 6.68. The van der Waals surface area contributed by atoms with Crippen molar-refractivity contribution < 1.29 is 14.4 Å². The summed E-state index contributed by atoms with van der Waals surface area (Å²) in [5.74, 6) is -1.68. The van der Waals surface area contributed by atoms with Crippen molar-refractivity contribution in [1.82, 2.24) is 10.2 Å². The highest BCUT2D eigenvalue weighted by Crippen LogP contribution is 2.54. The zero-order valence-corrected chi connectivity index (χ0v) is 16.5. The Balaban J connectivity index is 1.92. The summed E-state index contributed by atoms with van der Waals surface area (Å²) in [6.45, 7) is 9.86. The number of aryl methyl sites for hydroxylation is 1. The molecule has 3 heterocycles. The van der Waals surface area contributed by atoms with Crippen LogP contribution in [-0.2, 0) is 19.9 Å². The molecule has 6 nitrogen and oxygen atoms in total. The summed E-state index contributed by atoms with van der Waals surface area (Å²) in [5.41, 5.74) is 1.34. The molecule has 6 heteroatoms. The number of anilines is 1. The normalized spacial score (nSPS) is 33.0. The van der Waals surface area contributed by atoms with Gasteiger partial charge in [-0.15, -0.1) is 0 Å². The van der Waals surface area contributed by atoms with Gasteiger partial charge in [-0.2, -0.15) is 0 Å². The van der Waals surface area contributed by atoms with Crippen molar-refractivity contribution in [2.75, 3.05) is 5.32 Å². The summed E-state index contributed by atoms with van der Waals surface area (Å²) < 4.78 is 0. The fourth-order valence-corrected chi connectivity index (χ4v) is 5.12. The molecule has 3 unspecified atom stereocenters. The van der Waals surface area contributed by atoms with Gasteiger partial charge in [-0.3, -0.25) is 24.6 Å². The van der Waals surface area contributed by atoms with Gasteiger partial charge in [-0.25, -0.2) is 0 Å². The molecule has 1 aromatic carbocycles. The minimum Gasteiger partial charge on any atom is -0.324 e. The zero-order valence-electron chi connectivity index (χ0n) is 16.5. The molecule has 3 aliphatic rings. The monoisotopic (exact) mass is 369 g/mol. The van der Waals surface area contributed by atoms with Crippen molar-refractivity contribution in [3.8, 4) is 0 Å². The van der Waals surface area contributed by atoms with E-state index in [1.165, 1.54) is 4.90 Å². The number of likely N-dealkylation sites (tertiary alicyclic amines) is 1. The van der Waals surface area contributed by atoms with Crippen molar-refractivity contribution in [1.29, 1.82) is 0 Å². The lowest BCUT2D eigenvalue weighted by Gasteiger charge is -2.31. The van der Waals surface area contributed by atoms with Crippen molar-refractivity contribution in [3.63, 3.8) is 0 Å². The van der Waals surface area contributed by atoms with Gasteiger partial charge in [0.1, 0.15) is 5.54 Å². The van der Waals surface area contributed by atoms with Gasteiger partial charge in [0.25, 0.3) is 0 Å². The van der Waals surface area contributed by atoms with Crippen LogP contribution in [0.15, 0.2) is 18.2 Å². The van der Waals surface area contributed by atoms with E-state index in [-0.39, 0.29) is 35.7 Å². The Morgan fingerprint density at radius 3 is 2.48 bits per heavy atom. The van der Waals surface area contributed by atoms with Crippen LogP contribution in [0.5, 0.6) is 0 Å². The summed E-state index contributed by atoms with van der Waals surface area (Å²) in [6, 6.07) is 5.36. The van der Waals surface area contributed by atoms with E-state index in [9.17, 15) is 14.4 Å². The van der Waals surface area contributed by atoms with Crippen LogP contribution in [-0.4, -0.2) is 34.7 Å². The number of nitrogens with zero attached hydrogens (tertiary/aromatic N) is 1. The van der Waals surface area contributed by atoms with Gasteiger partial charge in [-0.05, 0) is 31.7 Å². The van der Waals surface area contributed by atoms with Crippen LogP contribution < -0.4 is 10.6 Å². The summed E-state index contributed by atoms with van der Waals surface area (Å²) in [7, 11) is 0. The van der Waals surface area contributed by atoms with Crippen molar-refractivity contribution in [2.45, 2.75) is 58.7 Å². The number of imide groups is 1. The maximum atomic E-state index is 13.5. The average Bonchev–Trinajstić information content (AvgIpc) is 3.21. The van der Waals surface area contributed by atoms with Crippen LogP contribution in [0, 0.1) is 24.7 Å². The first-order chi connectivity index (χ1) is 12.8. The lowest BCUT2D eigenvalue weighted by molar-refractivity contribution is -0.145. The zero-order chi connectivity index (χ0) is 19.7. The number of benzene rings is 1. The fourth-order valence-electron chi connectivity index (χ4n) is 5.12. The molecule has 5 atom stereocenters. The van der Waals surface area contributed by atoms with Gasteiger partial charge in [-0.1, -0.05) is 39.0 Å². The molecule has 3 aliphatic heterocycles. The standard InChI is InChI=1S/C21H27N3O3/c1-6-12(5)24-18(25)14-15(19(24)26)21(23-16(14)10(2)3)13-9-7-8-11(4)17(13)22-20(21)27/h7-10,12,14-16,23H,6H2,1-5H3,(H,22,27)/t12?,14-,15-,16?,21?/m0/s1. The number of hydrogen-bond acceptors (Lipinski definition) is 4. The summed E-state index contributed by atoms with van der Waals surface area (Å²) >= 11 is 0. The molecule has 0 aromatic heterocycles. The van der Waals surface area contributed by atoms with Crippen molar-refractivity contribution >= 4 is 23.4 Å². The van der Waals surface area contributed by atoms with Crippen molar-refractivity contribution in [3.05, 3.63) is 29.3 Å². The number of hydrogen-bond donors (Lipinski definition) is 2. The maximum absolute atomic E-state index is 13.5. The van der Waals surface area contributed by atoms with E-state index >= 15 is 0 Å². The minimum absolute atomic E-state index is 0.118. The summed E-state index contributed by atoms with van der Waals surface area (Å²) in [4.78, 5) is 41.4. The predicted octanol–water partition coefficient (Wildman–Crippen LogP) is 2.17. The van der Waals surface area contributed by atoms with E-state index in [0.29, 0.717) is 6.42 Å². The van der Waals surface area contributed by atoms with Gasteiger partial charge in [0.05, 0.1) is 11.8 Å². The van der Waals surface area contributed by atoms with Gasteiger partial charge >= 0.3 is 0 Å². The molecule has 144 valence electrons. The lowest BCUT2D eigenvalue weighted by atomic mass is 9.75. The Kier molecular flexibility index (Phi) is 3.97. The first-order valence-corrected chi connectivity index (χ1v) is 9.81. The van der Waals surface area contributed by atoms with Crippen LogP contribution in [0.3, 0.4) is 0 Å². The van der Waals surface area contributed by atoms with Crippen LogP contribution in [0.25, 0.3) is 0 Å². The second-order valence-corrected chi connectivity index (χ2v) is 8.48. The third-order valence-electron chi connectivity index (χ3n) is 6.68. The van der Waals surface area contributed by atoms with Crippen molar-refractivity contribution in [2.24, 2.45) is 17.8 Å². The molecule has 1 aromatic rings. The number of para-hydroxylation sites is 1.